The van der Waals surface area contributed by atoms with Crippen molar-refractivity contribution in [1.29, 1.82) is 0 Å². The average molecular weight is 232 g/mol. The van der Waals surface area contributed by atoms with Gasteiger partial charge in [0.05, 0.1) is 7.11 Å². The van der Waals surface area contributed by atoms with E-state index in [-0.39, 0.29) is 5.75 Å². The summed E-state index contributed by atoms with van der Waals surface area (Å²) in [5, 5.41) is 0.431. The number of rotatable bonds is 4. The zero-order chi connectivity index (χ0) is 11.4. The summed E-state index contributed by atoms with van der Waals surface area (Å²) in [7, 11) is 1.46. The lowest BCUT2D eigenvalue weighted by molar-refractivity contribution is 0.380. The normalized spacial score (nSPS) is 10.5. The van der Waals surface area contributed by atoms with Crippen LogP contribution in [0.5, 0.6) is 5.75 Å². The topological polar surface area (TPSA) is 35.2 Å². The molecule has 0 radical (unpaired) electrons. The summed E-state index contributed by atoms with van der Waals surface area (Å²) in [5.74, 6) is -0.134. The molecule has 15 heavy (non-hydrogen) atoms. The Morgan fingerprint density at radius 1 is 1.53 bits per heavy atom. The Morgan fingerprint density at radius 3 is 2.73 bits per heavy atom. The maximum absolute atomic E-state index is 13.5. The van der Waals surface area contributed by atoms with Crippen molar-refractivity contribution in [2.45, 2.75) is 19.8 Å². The maximum Gasteiger partial charge on any atom is 0.166 e. The lowest BCUT2D eigenvalue weighted by Crippen LogP contribution is -2.04. The van der Waals surface area contributed by atoms with Crippen LogP contribution < -0.4 is 10.5 Å². The summed E-state index contributed by atoms with van der Waals surface area (Å²) in [5.41, 5.74) is 7.10. The predicted octanol–water partition coefficient (Wildman–Crippen LogP) is 2.69. The number of benzene rings is 1. The third kappa shape index (κ3) is 2.61. The number of hydrogen-bond donors (Lipinski definition) is 1. The molecule has 0 aliphatic heterocycles. The minimum absolute atomic E-state index is 0.283. The molecule has 4 heteroatoms. The molecule has 2 nitrogen and oxygen atoms in total. The van der Waals surface area contributed by atoms with E-state index in [4.69, 9.17) is 22.1 Å². The Kier molecular flexibility index (Phi) is 4.36. The smallest absolute Gasteiger partial charge is 0.166 e. The van der Waals surface area contributed by atoms with Gasteiger partial charge in [0.25, 0.3) is 0 Å². The molecule has 0 aliphatic rings. The quantitative estimate of drug-likeness (QED) is 0.865. The van der Waals surface area contributed by atoms with E-state index in [0.29, 0.717) is 18.0 Å². The monoisotopic (exact) mass is 231 g/mol. The van der Waals surface area contributed by atoms with Crippen LogP contribution in [0, 0.1) is 12.7 Å². The van der Waals surface area contributed by atoms with Crippen LogP contribution in [-0.2, 0) is 6.42 Å². The molecule has 0 unspecified atom stereocenters. The molecular formula is C11H15ClFNO. The zero-order valence-electron chi connectivity index (χ0n) is 8.94. The molecule has 0 spiro atoms. The molecule has 0 amide bonds. The highest BCUT2D eigenvalue weighted by atomic mass is 35.5. The Balaban J connectivity index is 3.18. The van der Waals surface area contributed by atoms with Crippen molar-refractivity contribution < 1.29 is 9.13 Å². The van der Waals surface area contributed by atoms with Gasteiger partial charge in [-0.3, -0.25) is 0 Å². The molecule has 84 valence electrons. The molecule has 2 N–H and O–H groups in total. The lowest BCUT2D eigenvalue weighted by atomic mass is 10.0. The molecule has 0 aliphatic carbocycles. The van der Waals surface area contributed by atoms with Crippen LogP contribution in [0.25, 0.3) is 0 Å². The third-order valence-electron chi connectivity index (χ3n) is 2.39. The van der Waals surface area contributed by atoms with Crippen LogP contribution >= 0.6 is 11.6 Å². The minimum Gasteiger partial charge on any atom is -0.493 e. The van der Waals surface area contributed by atoms with Crippen molar-refractivity contribution >= 4 is 11.6 Å². The van der Waals surface area contributed by atoms with E-state index >= 15 is 0 Å². The summed E-state index contributed by atoms with van der Waals surface area (Å²) in [4.78, 5) is 0. The second kappa shape index (κ2) is 5.33. The minimum atomic E-state index is -0.417. The van der Waals surface area contributed by atoms with Gasteiger partial charge in [-0.1, -0.05) is 11.6 Å². The fourth-order valence-corrected chi connectivity index (χ4v) is 1.75. The zero-order valence-corrected chi connectivity index (χ0v) is 9.70. The Bertz CT molecular complexity index is 355. The van der Waals surface area contributed by atoms with E-state index in [1.165, 1.54) is 13.2 Å². The van der Waals surface area contributed by atoms with Gasteiger partial charge in [-0.15, -0.1) is 0 Å². The number of nitrogens with two attached hydrogens (primary N) is 1. The molecule has 0 fully saturated rings. The van der Waals surface area contributed by atoms with Gasteiger partial charge >= 0.3 is 0 Å². The van der Waals surface area contributed by atoms with Gasteiger partial charge in [-0.25, -0.2) is 4.39 Å². The van der Waals surface area contributed by atoms with E-state index in [0.717, 1.165) is 17.5 Å². The summed E-state index contributed by atoms with van der Waals surface area (Å²) < 4.78 is 18.5. The molecule has 0 aromatic heterocycles. The van der Waals surface area contributed by atoms with Crippen LogP contribution in [-0.4, -0.2) is 13.7 Å². The van der Waals surface area contributed by atoms with Crippen LogP contribution in [0.3, 0.4) is 0 Å². The lowest BCUT2D eigenvalue weighted by Gasteiger charge is -2.13. The highest BCUT2D eigenvalue weighted by Gasteiger charge is 2.14. The largest absolute Gasteiger partial charge is 0.493 e. The molecule has 1 rings (SSSR count). The Morgan fingerprint density at radius 2 is 2.20 bits per heavy atom. The van der Waals surface area contributed by atoms with Crippen molar-refractivity contribution in [3.8, 4) is 5.75 Å². The van der Waals surface area contributed by atoms with Gasteiger partial charge in [0.15, 0.2) is 11.6 Å². The molecule has 1 aromatic carbocycles. The summed E-state index contributed by atoms with van der Waals surface area (Å²) >= 11 is 5.90. The van der Waals surface area contributed by atoms with Crippen molar-refractivity contribution in [2.75, 3.05) is 13.7 Å². The van der Waals surface area contributed by atoms with Gasteiger partial charge in [-0.2, -0.15) is 0 Å². The number of methoxy groups -OCH3 is 1. The fraction of sp³-hybridized carbons (Fsp3) is 0.455. The van der Waals surface area contributed by atoms with Crippen LogP contribution in [0.2, 0.25) is 5.02 Å². The van der Waals surface area contributed by atoms with E-state index < -0.39 is 5.82 Å². The predicted molar refractivity (Wildman–Crippen MR) is 60.1 cm³/mol. The number of halogens is 2. The van der Waals surface area contributed by atoms with E-state index in [9.17, 15) is 4.39 Å². The average Bonchev–Trinajstić information content (AvgIpc) is 2.21. The van der Waals surface area contributed by atoms with Gasteiger partial charge in [0.1, 0.15) is 0 Å². The first kappa shape index (κ1) is 12.3. The molecule has 0 bridgehead atoms. The first-order chi connectivity index (χ1) is 7.11. The highest BCUT2D eigenvalue weighted by Crippen LogP contribution is 2.32. The molecule has 0 heterocycles. The van der Waals surface area contributed by atoms with Crippen molar-refractivity contribution in [3.05, 3.63) is 28.0 Å². The standard InChI is InChI=1S/C11H15ClFNO/c1-7-8(4-3-5-14)11(15-2)10(13)6-9(7)12/h6H,3-5,14H2,1-2H3. The van der Waals surface area contributed by atoms with Crippen molar-refractivity contribution in [1.82, 2.24) is 0 Å². The van der Waals surface area contributed by atoms with E-state index in [1.807, 2.05) is 6.92 Å². The first-order valence-corrected chi connectivity index (χ1v) is 5.21. The van der Waals surface area contributed by atoms with Gasteiger partial charge in [-0.05, 0) is 37.9 Å². The van der Waals surface area contributed by atoms with Crippen molar-refractivity contribution in [3.63, 3.8) is 0 Å². The molecular weight excluding hydrogens is 217 g/mol. The highest BCUT2D eigenvalue weighted by molar-refractivity contribution is 6.31. The first-order valence-electron chi connectivity index (χ1n) is 4.83. The second-order valence-electron chi connectivity index (χ2n) is 3.37. The molecule has 0 atom stereocenters. The molecule has 0 saturated heterocycles. The van der Waals surface area contributed by atoms with Gasteiger partial charge in [0.2, 0.25) is 0 Å². The molecule has 0 saturated carbocycles. The number of hydrogen-bond acceptors (Lipinski definition) is 2. The van der Waals surface area contributed by atoms with Gasteiger partial charge < -0.3 is 10.5 Å². The van der Waals surface area contributed by atoms with Crippen LogP contribution in [0.15, 0.2) is 6.07 Å². The molecule has 1 aromatic rings. The fourth-order valence-electron chi connectivity index (χ4n) is 1.54. The van der Waals surface area contributed by atoms with E-state index in [1.54, 1.807) is 0 Å². The Labute approximate surface area is 94.2 Å². The summed E-state index contributed by atoms with van der Waals surface area (Å²) in [6.45, 7) is 2.42. The SMILES string of the molecule is COc1c(F)cc(Cl)c(C)c1CCCN. The van der Waals surface area contributed by atoms with Crippen LogP contribution in [0.1, 0.15) is 17.5 Å². The van der Waals surface area contributed by atoms with Crippen molar-refractivity contribution in [2.24, 2.45) is 5.73 Å². The van der Waals surface area contributed by atoms with E-state index in [2.05, 4.69) is 0 Å². The summed E-state index contributed by atoms with van der Waals surface area (Å²) in [6, 6.07) is 1.28. The summed E-state index contributed by atoms with van der Waals surface area (Å²) in [6.07, 6.45) is 1.47. The third-order valence-corrected chi connectivity index (χ3v) is 2.78. The maximum atomic E-state index is 13.5. The second-order valence-corrected chi connectivity index (χ2v) is 3.78. The van der Waals surface area contributed by atoms with Gasteiger partial charge in [0, 0.05) is 10.6 Å². The number of ether oxygens (including phenoxy) is 1. The Hall–Kier alpha value is -0.800. The van der Waals surface area contributed by atoms with Crippen LogP contribution in [0.4, 0.5) is 4.39 Å².